The predicted molar refractivity (Wildman–Crippen MR) is 119 cm³/mol. The van der Waals surface area contributed by atoms with Gasteiger partial charge in [0.15, 0.2) is 5.96 Å². The summed E-state index contributed by atoms with van der Waals surface area (Å²) in [5, 5.41) is 3.49. The molecule has 1 saturated heterocycles. The van der Waals surface area contributed by atoms with E-state index in [1.807, 2.05) is 0 Å². The summed E-state index contributed by atoms with van der Waals surface area (Å²) < 4.78 is 0. The first-order valence-corrected chi connectivity index (χ1v) is 9.23. The van der Waals surface area contributed by atoms with E-state index in [2.05, 4.69) is 60.2 Å². The highest BCUT2D eigenvalue weighted by molar-refractivity contribution is 14.0. The van der Waals surface area contributed by atoms with Crippen molar-refractivity contribution in [2.24, 2.45) is 4.99 Å². The summed E-state index contributed by atoms with van der Waals surface area (Å²) in [6.45, 7) is 8.55. The van der Waals surface area contributed by atoms with E-state index in [0.717, 1.165) is 31.9 Å². The number of aliphatic imine (C=N–C) groups is 1. The summed E-state index contributed by atoms with van der Waals surface area (Å²) in [6, 6.07) is 9.11. The number of benzene rings is 1. The van der Waals surface area contributed by atoms with Crippen LogP contribution in [0.3, 0.4) is 0 Å². The molecule has 146 valence electrons. The van der Waals surface area contributed by atoms with Crippen molar-refractivity contribution >= 4 is 35.8 Å². The third-order valence-electron chi connectivity index (χ3n) is 4.85. The van der Waals surface area contributed by atoms with Crippen molar-refractivity contribution in [2.45, 2.75) is 45.6 Å². The van der Waals surface area contributed by atoms with Crippen LogP contribution in [0, 0.1) is 6.92 Å². The quantitative estimate of drug-likeness (QED) is 0.407. The molecule has 0 spiro atoms. The van der Waals surface area contributed by atoms with Crippen LogP contribution in [0.15, 0.2) is 29.3 Å². The highest BCUT2D eigenvalue weighted by Crippen LogP contribution is 2.27. The maximum atomic E-state index is 11.9. The van der Waals surface area contributed by atoms with Gasteiger partial charge in [0.1, 0.15) is 6.54 Å². The zero-order valence-electron chi connectivity index (χ0n) is 16.7. The van der Waals surface area contributed by atoms with Gasteiger partial charge in [-0.2, -0.15) is 0 Å². The van der Waals surface area contributed by atoms with Gasteiger partial charge >= 0.3 is 0 Å². The van der Waals surface area contributed by atoms with E-state index in [0.29, 0.717) is 12.0 Å². The Morgan fingerprint density at radius 3 is 2.77 bits per heavy atom. The normalized spacial score (nSPS) is 18.3. The Hall–Kier alpha value is -1.31. The molecule has 2 atom stereocenters. The molecule has 0 saturated carbocycles. The fraction of sp³-hybridized carbons (Fsp3) is 0.600. The van der Waals surface area contributed by atoms with Gasteiger partial charge in [-0.1, -0.05) is 36.8 Å². The first-order chi connectivity index (χ1) is 11.9. The summed E-state index contributed by atoms with van der Waals surface area (Å²) in [4.78, 5) is 20.4. The van der Waals surface area contributed by atoms with Gasteiger partial charge in [-0.25, -0.2) is 4.99 Å². The second-order valence-electron chi connectivity index (χ2n) is 7.23. The van der Waals surface area contributed by atoms with Crippen LogP contribution in [-0.4, -0.2) is 61.4 Å². The summed E-state index contributed by atoms with van der Waals surface area (Å²) in [5.41, 5.74) is 2.70. The molecule has 0 bridgehead atoms. The van der Waals surface area contributed by atoms with E-state index in [1.165, 1.54) is 11.1 Å². The number of likely N-dealkylation sites (N-methyl/N-ethyl adjacent to an activating group) is 1. The average molecular weight is 472 g/mol. The molecule has 1 N–H and O–H groups in total. The van der Waals surface area contributed by atoms with Crippen molar-refractivity contribution in [1.29, 1.82) is 0 Å². The smallest absolute Gasteiger partial charge is 0.243 e. The van der Waals surface area contributed by atoms with E-state index in [1.54, 1.807) is 19.0 Å². The number of nitrogens with zero attached hydrogens (tertiary/aromatic N) is 3. The molecular formula is C20H33IN4O. The van der Waals surface area contributed by atoms with E-state index < -0.39 is 0 Å². The molecule has 1 aromatic carbocycles. The van der Waals surface area contributed by atoms with Crippen LogP contribution in [0.1, 0.15) is 43.7 Å². The summed E-state index contributed by atoms with van der Waals surface area (Å²) >= 11 is 0. The topological polar surface area (TPSA) is 47.9 Å². The lowest BCUT2D eigenvalue weighted by Gasteiger charge is -2.25. The number of likely N-dealkylation sites (tertiary alicyclic amines) is 1. The Bertz CT molecular complexity index is 618. The van der Waals surface area contributed by atoms with Gasteiger partial charge in [0.05, 0.1) is 0 Å². The lowest BCUT2D eigenvalue weighted by atomic mass is 9.97. The first-order valence-electron chi connectivity index (χ1n) is 9.23. The Balaban J connectivity index is 0.00000338. The maximum absolute atomic E-state index is 11.9. The molecule has 1 aromatic rings. The van der Waals surface area contributed by atoms with E-state index >= 15 is 0 Å². The zero-order chi connectivity index (χ0) is 18.4. The second kappa shape index (κ2) is 10.7. The molecule has 0 aromatic heterocycles. The summed E-state index contributed by atoms with van der Waals surface area (Å²) in [7, 11) is 3.53. The molecule has 1 aliphatic heterocycles. The highest BCUT2D eigenvalue weighted by atomic mass is 127. The molecule has 1 amide bonds. The third-order valence-corrected chi connectivity index (χ3v) is 4.85. The predicted octanol–water partition coefficient (Wildman–Crippen LogP) is 3.23. The molecule has 1 aliphatic rings. The molecule has 0 radical (unpaired) electrons. The Labute approximate surface area is 175 Å². The fourth-order valence-electron chi connectivity index (χ4n) is 2.99. The van der Waals surface area contributed by atoms with Crippen molar-refractivity contribution in [3.8, 4) is 0 Å². The van der Waals surface area contributed by atoms with Gasteiger partial charge in [0, 0.05) is 39.1 Å². The Morgan fingerprint density at radius 2 is 2.15 bits per heavy atom. The molecule has 6 heteroatoms. The minimum atomic E-state index is 0. The average Bonchev–Trinajstić information content (AvgIpc) is 3.07. The molecular weight excluding hydrogens is 439 g/mol. The first kappa shape index (κ1) is 22.7. The number of guanidine groups is 1. The van der Waals surface area contributed by atoms with Gasteiger partial charge in [0.25, 0.3) is 0 Å². The zero-order valence-corrected chi connectivity index (χ0v) is 19.0. The highest BCUT2D eigenvalue weighted by Gasteiger charge is 2.27. The Morgan fingerprint density at radius 1 is 1.42 bits per heavy atom. The molecule has 2 unspecified atom stereocenters. The monoisotopic (exact) mass is 472 g/mol. The van der Waals surface area contributed by atoms with Gasteiger partial charge in [-0.3, -0.25) is 4.79 Å². The van der Waals surface area contributed by atoms with Crippen LogP contribution in [0.25, 0.3) is 0 Å². The standard InChI is InChI=1S/C20H32N4O.HI/c1-6-16(3)22-20(21-13-19(25)23(4)5)24-11-10-18(14-24)17-9-7-8-15(2)12-17;/h7-9,12,16,18H,6,10-11,13-14H2,1-5H3,(H,21,22);1H. The summed E-state index contributed by atoms with van der Waals surface area (Å²) in [6.07, 6.45) is 2.14. The summed E-state index contributed by atoms with van der Waals surface area (Å²) in [5.74, 6) is 1.41. The molecule has 5 nitrogen and oxygen atoms in total. The SMILES string of the molecule is CCC(C)NC(=NCC(=O)N(C)C)N1CCC(c2cccc(C)c2)C1.I. The van der Waals surface area contributed by atoms with Crippen molar-refractivity contribution in [3.05, 3.63) is 35.4 Å². The molecule has 0 aliphatic carbocycles. The number of carbonyl (C=O) groups is 1. The molecule has 2 rings (SSSR count). The number of amides is 1. The van der Waals surface area contributed by atoms with Crippen LogP contribution in [0.2, 0.25) is 0 Å². The third kappa shape index (κ3) is 6.45. The number of hydrogen-bond acceptors (Lipinski definition) is 2. The largest absolute Gasteiger partial charge is 0.354 e. The van der Waals surface area contributed by atoms with E-state index in [9.17, 15) is 4.79 Å². The minimum Gasteiger partial charge on any atom is -0.354 e. The number of rotatable bonds is 5. The van der Waals surface area contributed by atoms with Crippen molar-refractivity contribution in [1.82, 2.24) is 15.1 Å². The van der Waals surface area contributed by atoms with Crippen LogP contribution < -0.4 is 5.32 Å². The second-order valence-corrected chi connectivity index (χ2v) is 7.23. The number of aryl methyl sites for hydroxylation is 1. The maximum Gasteiger partial charge on any atom is 0.243 e. The number of carbonyl (C=O) groups excluding carboxylic acids is 1. The van der Waals surface area contributed by atoms with Gasteiger partial charge < -0.3 is 15.1 Å². The lowest BCUT2D eigenvalue weighted by molar-refractivity contribution is -0.127. The lowest BCUT2D eigenvalue weighted by Crippen LogP contribution is -2.44. The number of nitrogens with one attached hydrogen (secondary N) is 1. The number of halogens is 1. The molecule has 1 fully saturated rings. The molecule has 26 heavy (non-hydrogen) atoms. The van der Waals surface area contributed by atoms with Gasteiger partial charge in [-0.05, 0) is 32.3 Å². The van der Waals surface area contributed by atoms with Crippen LogP contribution in [0.4, 0.5) is 0 Å². The van der Waals surface area contributed by atoms with Crippen LogP contribution in [0.5, 0.6) is 0 Å². The van der Waals surface area contributed by atoms with Gasteiger partial charge in [-0.15, -0.1) is 24.0 Å². The van der Waals surface area contributed by atoms with Crippen LogP contribution in [-0.2, 0) is 4.79 Å². The van der Waals surface area contributed by atoms with E-state index in [4.69, 9.17) is 0 Å². The van der Waals surface area contributed by atoms with Crippen LogP contribution >= 0.6 is 24.0 Å². The van der Waals surface area contributed by atoms with Gasteiger partial charge in [0.2, 0.25) is 5.91 Å². The van der Waals surface area contributed by atoms with Crippen molar-refractivity contribution < 1.29 is 4.79 Å². The number of hydrogen-bond donors (Lipinski definition) is 1. The fourth-order valence-corrected chi connectivity index (χ4v) is 2.99. The minimum absolute atomic E-state index is 0. The van der Waals surface area contributed by atoms with Crippen molar-refractivity contribution in [3.63, 3.8) is 0 Å². The van der Waals surface area contributed by atoms with Crippen molar-refractivity contribution in [2.75, 3.05) is 33.7 Å². The molecule has 1 heterocycles. The van der Waals surface area contributed by atoms with E-state index in [-0.39, 0.29) is 36.4 Å². The Kier molecular flexibility index (Phi) is 9.39.